The van der Waals surface area contributed by atoms with Gasteiger partial charge in [0, 0.05) is 41.6 Å². The fourth-order valence-corrected chi connectivity index (χ4v) is 6.82. The lowest BCUT2D eigenvalue weighted by Crippen LogP contribution is -2.50. The lowest BCUT2D eigenvalue weighted by Gasteiger charge is -2.29. The van der Waals surface area contributed by atoms with Crippen LogP contribution >= 0.6 is 22.7 Å². The van der Waals surface area contributed by atoms with Crippen LogP contribution in [-0.4, -0.2) is 61.8 Å². The average Bonchev–Trinajstić information content (AvgIpc) is 3.85. The van der Waals surface area contributed by atoms with Gasteiger partial charge in [-0.3, -0.25) is 4.79 Å². The van der Waals surface area contributed by atoms with Crippen LogP contribution in [0.15, 0.2) is 89.6 Å². The molecule has 0 saturated carbocycles. The molecule has 3 N–H and O–H groups in total. The predicted molar refractivity (Wildman–Crippen MR) is 190 cm³/mol. The first-order valence-electron chi connectivity index (χ1n) is 16.3. The van der Waals surface area contributed by atoms with Crippen LogP contribution in [-0.2, 0) is 40.5 Å². The quantitative estimate of drug-likeness (QED) is 0.122. The molecular formula is C36H43N5O5S2. The summed E-state index contributed by atoms with van der Waals surface area (Å²) in [7, 11) is 0. The first-order valence-corrected chi connectivity index (χ1v) is 18.0. The van der Waals surface area contributed by atoms with E-state index in [9.17, 15) is 14.4 Å². The van der Waals surface area contributed by atoms with Gasteiger partial charge in [0.15, 0.2) is 0 Å². The topological polar surface area (TPSA) is 112 Å². The Morgan fingerprint density at radius 3 is 2.23 bits per heavy atom. The maximum atomic E-state index is 14.1. The van der Waals surface area contributed by atoms with Crippen molar-refractivity contribution in [1.29, 1.82) is 0 Å². The minimum absolute atomic E-state index is 0.142. The number of carbonyl (C=O) groups is 3. The Balaban J connectivity index is 1.17. The summed E-state index contributed by atoms with van der Waals surface area (Å²) in [5, 5.41) is 12.7. The molecule has 0 spiro atoms. The molecule has 1 fully saturated rings. The van der Waals surface area contributed by atoms with Crippen molar-refractivity contribution in [3.8, 4) is 0 Å². The van der Waals surface area contributed by atoms with Crippen molar-refractivity contribution in [3.05, 3.63) is 111 Å². The van der Waals surface area contributed by atoms with Crippen LogP contribution in [0, 0.1) is 0 Å². The van der Waals surface area contributed by atoms with Crippen molar-refractivity contribution in [1.82, 2.24) is 20.9 Å². The molecule has 48 heavy (non-hydrogen) atoms. The average molecular weight is 690 g/mol. The molecule has 12 heteroatoms. The Morgan fingerprint density at radius 2 is 1.54 bits per heavy atom. The number of hydrogen-bond acceptors (Lipinski definition) is 8. The van der Waals surface area contributed by atoms with E-state index in [1.807, 2.05) is 82.4 Å². The van der Waals surface area contributed by atoms with Crippen molar-refractivity contribution in [2.75, 3.05) is 37.7 Å². The Labute approximate surface area is 290 Å². The van der Waals surface area contributed by atoms with Crippen molar-refractivity contribution in [3.63, 3.8) is 0 Å². The number of anilines is 1. The molecule has 0 bridgehead atoms. The number of nitrogens with zero attached hydrogens (tertiary/aromatic N) is 2. The number of unbranched alkanes of at least 4 members (excludes halogenated alkanes) is 1. The van der Waals surface area contributed by atoms with Gasteiger partial charge in [0.1, 0.15) is 12.6 Å². The van der Waals surface area contributed by atoms with Crippen LogP contribution in [0.5, 0.6) is 0 Å². The van der Waals surface area contributed by atoms with Crippen molar-refractivity contribution < 1.29 is 23.9 Å². The van der Waals surface area contributed by atoms with E-state index in [2.05, 4.69) is 33.0 Å². The number of benzene rings is 2. The highest BCUT2D eigenvalue weighted by Gasteiger charge is 2.27. The highest BCUT2D eigenvalue weighted by molar-refractivity contribution is 7.10. The van der Waals surface area contributed by atoms with Crippen LogP contribution in [0.25, 0.3) is 0 Å². The molecule has 4 aromatic rings. The number of carbonyl (C=O) groups excluding carboxylic acids is 3. The number of ether oxygens (including phenoxy) is 2. The molecule has 254 valence electrons. The number of thiophene rings is 2. The van der Waals surface area contributed by atoms with E-state index in [1.165, 1.54) is 0 Å². The largest absolute Gasteiger partial charge is 0.445 e. The van der Waals surface area contributed by atoms with E-state index >= 15 is 0 Å². The minimum atomic E-state index is -0.741. The number of alkyl carbamates (subject to hydrolysis) is 1. The van der Waals surface area contributed by atoms with Crippen LogP contribution in [0.3, 0.4) is 0 Å². The Kier molecular flexibility index (Phi) is 13.7. The van der Waals surface area contributed by atoms with E-state index in [0.717, 1.165) is 39.7 Å². The van der Waals surface area contributed by atoms with Crippen LogP contribution in [0.2, 0.25) is 0 Å². The number of urea groups is 1. The lowest BCUT2D eigenvalue weighted by atomic mass is 10.1. The molecule has 2 aromatic carbocycles. The SMILES string of the molecule is O=C(NCc1cccc(N2CCOCC2)c1)N[C@@H](CCCCNC(=O)OCc1ccccc1)C(=O)N(Cc1cccs1)Cc1cccs1. The van der Waals surface area contributed by atoms with Gasteiger partial charge in [-0.25, -0.2) is 9.59 Å². The number of hydrogen-bond donors (Lipinski definition) is 3. The molecule has 3 heterocycles. The molecular weight excluding hydrogens is 647 g/mol. The van der Waals surface area contributed by atoms with Crippen LogP contribution in [0.1, 0.15) is 40.1 Å². The van der Waals surface area contributed by atoms with E-state index in [4.69, 9.17) is 9.47 Å². The van der Waals surface area contributed by atoms with Gasteiger partial charge in [-0.2, -0.15) is 0 Å². The van der Waals surface area contributed by atoms with Crippen LogP contribution < -0.4 is 20.9 Å². The van der Waals surface area contributed by atoms with E-state index in [1.54, 1.807) is 22.7 Å². The second-order valence-corrected chi connectivity index (χ2v) is 13.6. The van der Waals surface area contributed by atoms with Crippen molar-refractivity contribution in [2.45, 2.75) is 51.5 Å². The molecule has 5 rings (SSSR count). The first kappa shape index (κ1) is 34.9. The lowest BCUT2D eigenvalue weighted by molar-refractivity contribution is -0.134. The summed E-state index contributed by atoms with van der Waals surface area (Å²) in [5.74, 6) is -0.142. The van der Waals surface area contributed by atoms with Gasteiger partial charge in [-0.15, -0.1) is 22.7 Å². The second kappa shape index (κ2) is 18.8. The van der Waals surface area contributed by atoms with E-state index < -0.39 is 18.2 Å². The fraction of sp³-hybridized carbons (Fsp3) is 0.361. The number of rotatable bonds is 16. The van der Waals surface area contributed by atoms with Crippen molar-refractivity contribution in [2.24, 2.45) is 0 Å². The van der Waals surface area contributed by atoms with Gasteiger partial charge < -0.3 is 35.2 Å². The summed E-state index contributed by atoms with van der Waals surface area (Å²) in [6.07, 6.45) is 1.17. The van der Waals surface area contributed by atoms with Gasteiger partial charge in [-0.05, 0) is 65.4 Å². The van der Waals surface area contributed by atoms with Gasteiger partial charge >= 0.3 is 12.1 Å². The Bertz CT molecular complexity index is 1510. The Morgan fingerprint density at radius 1 is 0.833 bits per heavy atom. The summed E-state index contributed by atoms with van der Waals surface area (Å²) >= 11 is 3.20. The smallest absolute Gasteiger partial charge is 0.407 e. The van der Waals surface area contributed by atoms with Gasteiger partial charge in [-0.1, -0.05) is 54.6 Å². The summed E-state index contributed by atoms with van der Waals surface area (Å²) in [6, 6.07) is 24.5. The summed E-state index contributed by atoms with van der Waals surface area (Å²) in [6.45, 7) is 4.90. The zero-order chi connectivity index (χ0) is 33.4. The molecule has 0 unspecified atom stereocenters. The number of nitrogens with one attached hydrogen (secondary N) is 3. The highest BCUT2D eigenvalue weighted by atomic mass is 32.1. The molecule has 1 saturated heterocycles. The fourth-order valence-electron chi connectivity index (χ4n) is 5.39. The standard InChI is InChI=1S/C36H43N5O5S2/c42-34(41(25-31-13-7-21-47-31)26-32-14-8-22-48-32)33(15-4-5-16-37-36(44)46-27-28-9-2-1-3-10-28)39-35(43)38-24-29-11-6-12-30(23-29)40-17-19-45-20-18-40/h1-3,6-14,21-23,33H,4-5,15-20,24-27H2,(H,37,44)(H2,38,39,43)/t33-/m0/s1. The molecule has 4 amide bonds. The molecule has 10 nitrogen and oxygen atoms in total. The summed E-state index contributed by atoms with van der Waals surface area (Å²) in [5.41, 5.74) is 2.98. The van der Waals surface area contributed by atoms with Crippen molar-refractivity contribution >= 4 is 46.4 Å². The molecule has 0 radical (unpaired) electrons. The Hall–Kier alpha value is -4.39. The van der Waals surface area contributed by atoms with Gasteiger partial charge in [0.25, 0.3) is 0 Å². The predicted octanol–water partition coefficient (Wildman–Crippen LogP) is 6.14. The molecule has 1 aliphatic rings. The molecule has 1 aliphatic heterocycles. The summed E-state index contributed by atoms with van der Waals surface area (Å²) < 4.78 is 10.8. The highest BCUT2D eigenvalue weighted by Crippen LogP contribution is 2.20. The minimum Gasteiger partial charge on any atom is -0.445 e. The third kappa shape index (κ3) is 11.4. The molecule has 0 aliphatic carbocycles. The third-order valence-electron chi connectivity index (χ3n) is 7.91. The van der Waals surface area contributed by atoms with E-state index in [0.29, 0.717) is 58.7 Å². The molecule has 2 aromatic heterocycles. The second-order valence-electron chi connectivity index (χ2n) is 11.5. The monoisotopic (exact) mass is 689 g/mol. The van der Waals surface area contributed by atoms with E-state index in [-0.39, 0.29) is 12.5 Å². The van der Waals surface area contributed by atoms with Gasteiger partial charge in [0.05, 0.1) is 26.3 Å². The van der Waals surface area contributed by atoms with Gasteiger partial charge in [0.2, 0.25) is 5.91 Å². The number of amides is 4. The maximum absolute atomic E-state index is 14.1. The molecule has 1 atom stereocenters. The summed E-state index contributed by atoms with van der Waals surface area (Å²) in [4.78, 5) is 45.8. The third-order valence-corrected chi connectivity index (χ3v) is 9.63. The zero-order valence-corrected chi connectivity index (χ0v) is 28.6. The first-order chi connectivity index (χ1) is 23.5. The number of morpholine rings is 1. The van der Waals surface area contributed by atoms with Crippen LogP contribution in [0.4, 0.5) is 15.3 Å². The zero-order valence-electron chi connectivity index (χ0n) is 27.0. The normalized spacial score (nSPS) is 13.4. The maximum Gasteiger partial charge on any atom is 0.407 e.